The average Bonchev–Trinajstić information content (AvgIpc) is 2.64. The highest BCUT2D eigenvalue weighted by Gasteiger charge is 2.29. The van der Waals surface area contributed by atoms with E-state index in [1.165, 1.54) is 12.1 Å². The minimum Gasteiger partial charge on any atom is -0.312 e. The van der Waals surface area contributed by atoms with Crippen molar-refractivity contribution in [3.05, 3.63) is 44.9 Å². The van der Waals surface area contributed by atoms with Gasteiger partial charge in [0.1, 0.15) is 0 Å². The lowest BCUT2D eigenvalue weighted by atomic mass is 10.1. The first-order valence-electron chi connectivity index (χ1n) is 4.32. The number of aromatic amines is 1. The van der Waals surface area contributed by atoms with E-state index in [4.69, 9.17) is 0 Å². The molecule has 0 fully saturated rings. The van der Waals surface area contributed by atoms with Gasteiger partial charge in [-0.2, -0.15) is 13.2 Å². The fourth-order valence-electron chi connectivity index (χ4n) is 1.26. The largest absolute Gasteiger partial charge is 0.416 e. The normalized spacial score (nSPS) is 11.7. The van der Waals surface area contributed by atoms with Crippen molar-refractivity contribution in [3.63, 3.8) is 0 Å². The van der Waals surface area contributed by atoms with Gasteiger partial charge in [0.25, 0.3) is 0 Å². The third-order valence-electron chi connectivity index (χ3n) is 2.04. The number of thiazole rings is 1. The lowest BCUT2D eigenvalue weighted by Crippen LogP contribution is -2.04. The van der Waals surface area contributed by atoms with Gasteiger partial charge < -0.3 is 4.98 Å². The van der Waals surface area contributed by atoms with E-state index in [0.717, 1.165) is 23.5 Å². The maximum absolute atomic E-state index is 12.3. The van der Waals surface area contributed by atoms with E-state index in [1.54, 1.807) is 5.38 Å². The molecule has 6 heteroatoms. The van der Waals surface area contributed by atoms with Crippen LogP contribution in [0.15, 0.2) is 34.4 Å². The van der Waals surface area contributed by atoms with Gasteiger partial charge in [0, 0.05) is 5.38 Å². The quantitative estimate of drug-likeness (QED) is 0.822. The fraction of sp³-hybridized carbons (Fsp3) is 0.100. The molecule has 1 aromatic carbocycles. The molecule has 0 aliphatic heterocycles. The van der Waals surface area contributed by atoms with Gasteiger partial charge in [-0.3, -0.25) is 4.79 Å². The summed E-state index contributed by atoms with van der Waals surface area (Å²) < 4.78 is 36.8. The Morgan fingerprint density at radius 2 is 1.75 bits per heavy atom. The molecule has 16 heavy (non-hydrogen) atoms. The van der Waals surface area contributed by atoms with Gasteiger partial charge >= 0.3 is 11.0 Å². The van der Waals surface area contributed by atoms with Crippen molar-refractivity contribution in [2.75, 3.05) is 0 Å². The van der Waals surface area contributed by atoms with E-state index in [2.05, 4.69) is 4.98 Å². The molecular weight excluding hydrogens is 239 g/mol. The summed E-state index contributed by atoms with van der Waals surface area (Å²) in [6.45, 7) is 0. The van der Waals surface area contributed by atoms with Gasteiger partial charge in [-0.25, -0.2) is 0 Å². The van der Waals surface area contributed by atoms with E-state index >= 15 is 0 Å². The summed E-state index contributed by atoms with van der Waals surface area (Å²) in [7, 11) is 0. The molecule has 0 saturated carbocycles. The predicted molar refractivity (Wildman–Crippen MR) is 55.4 cm³/mol. The molecule has 2 nitrogen and oxygen atoms in total. The monoisotopic (exact) mass is 245 g/mol. The summed E-state index contributed by atoms with van der Waals surface area (Å²) in [5.41, 5.74) is 0.393. The second-order valence-electron chi connectivity index (χ2n) is 3.14. The number of hydrogen-bond acceptors (Lipinski definition) is 2. The van der Waals surface area contributed by atoms with Crippen LogP contribution in [0.5, 0.6) is 0 Å². The molecule has 0 unspecified atom stereocenters. The summed E-state index contributed by atoms with van der Waals surface area (Å²) >= 11 is 0.976. The number of rotatable bonds is 1. The number of alkyl halides is 3. The molecule has 0 amide bonds. The first-order valence-corrected chi connectivity index (χ1v) is 5.20. The third-order valence-corrected chi connectivity index (χ3v) is 2.71. The highest BCUT2D eigenvalue weighted by molar-refractivity contribution is 7.07. The molecule has 0 aliphatic rings. The molecule has 0 aliphatic carbocycles. The summed E-state index contributed by atoms with van der Waals surface area (Å²) in [5, 5.41) is 1.57. The number of H-pyrrole nitrogens is 1. The Balaban J connectivity index is 2.36. The van der Waals surface area contributed by atoms with Gasteiger partial charge in [-0.15, -0.1) is 0 Å². The van der Waals surface area contributed by atoms with Gasteiger partial charge in [0.05, 0.1) is 11.3 Å². The molecule has 0 spiro atoms. The first kappa shape index (κ1) is 10.9. The lowest BCUT2D eigenvalue weighted by Gasteiger charge is -2.06. The molecule has 2 aromatic rings. The number of halogens is 3. The Morgan fingerprint density at radius 3 is 2.19 bits per heavy atom. The van der Waals surface area contributed by atoms with Gasteiger partial charge in [0.15, 0.2) is 0 Å². The second kappa shape index (κ2) is 3.79. The molecule has 0 saturated heterocycles. The van der Waals surface area contributed by atoms with Crippen LogP contribution in [0, 0.1) is 0 Å². The Bertz CT molecular complexity index is 538. The van der Waals surface area contributed by atoms with E-state index in [0.29, 0.717) is 11.3 Å². The van der Waals surface area contributed by atoms with Gasteiger partial charge in [0.2, 0.25) is 0 Å². The molecule has 2 rings (SSSR count). The van der Waals surface area contributed by atoms with Crippen LogP contribution in [0.2, 0.25) is 0 Å². The molecular formula is C10H6F3NOS. The third kappa shape index (κ3) is 2.16. The standard InChI is InChI=1S/C10H6F3NOS/c11-10(12,13)7-3-1-6(2-4-7)8-5-16-9(15)14-8/h1-5H,(H,14,15). The summed E-state index contributed by atoms with van der Waals surface area (Å²) in [6, 6.07) is 4.65. The van der Waals surface area contributed by atoms with Crippen LogP contribution in [-0.4, -0.2) is 4.98 Å². The van der Waals surface area contributed by atoms with Crippen molar-refractivity contribution in [1.82, 2.24) is 4.98 Å². The zero-order valence-corrected chi connectivity index (χ0v) is 8.65. The van der Waals surface area contributed by atoms with E-state index in [1.807, 2.05) is 0 Å². The Labute approximate surface area is 92.4 Å². The summed E-state index contributed by atoms with van der Waals surface area (Å²) in [6.07, 6.45) is -4.33. The molecule has 1 aromatic heterocycles. The van der Waals surface area contributed by atoms with Crippen molar-refractivity contribution in [3.8, 4) is 11.3 Å². The molecule has 0 bridgehead atoms. The maximum Gasteiger partial charge on any atom is 0.416 e. The molecule has 1 N–H and O–H groups in total. The highest BCUT2D eigenvalue weighted by atomic mass is 32.1. The molecule has 0 radical (unpaired) electrons. The average molecular weight is 245 g/mol. The van der Waals surface area contributed by atoms with Crippen molar-refractivity contribution >= 4 is 11.3 Å². The second-order valence-corrected chi connectivity index (χ2v) is 3.98. The molecule has 1 heterocycles. The van der Waals surface area contributed by atoms with Crippen LogP contribution in [0.1, 0.15) is 5.56 Å². The minimum atomic E-state index is -4.33. The SMILES string of the molecule is O=c1[nH]c(-c2ccc(C(F)(F)F)cc2)cs1. The number of benzene rings is 1. The van der Waals surface area contributed by atoms with Crippen LogP contribution in [0.3, 0.4) is 0 Å². The van der Waals surface area contributed by atoms with Crippen LogP contribution < -0.4 is 4.87 Å². The number of aromatic nitrogens is 1. The van der Waals surface area contributed by atoms with Crippen molar-refractivity contribution < 1.29 is 13.2 Å². The van der Waals surface area contributed by atoms with Crippen LogP contribution in [0.25, 0.3) is 11.3 Å². The molecule has 84 valence electrons. The van der Waals surface area contributed by atoms with Gasteiger partial charge in [-0.05, 0) is 17.7 Å². The number of hydrogen-bond donors (Lipinski definition) is 1. The van der Waals surface area contributed by atoms with Crippen LogP contribution in [0.4, 0.5) is 13.2 Å². The predicted octanol–water partition coefficient (Wildman–Crippen LogP) is 3.12. The molecule has 0 atom stereocenters. The van der Waals surface area contributed by atoms with Crippen LogP contribution >= 0.6 is 11.3 Å². The minimum absolute atomic E-state index is 0.227. The fourth-order valence-corrected chi connectivity index (χ4v) is 1.85. The van der Waals surface area contributed by atoms with E-state index in [9.17, 15) is 18.0 Å². The topological polar surface area (TPSA) is 32.9 Å². The van der Waals surface area contributed by atoms with Gasteiger partial charge in [-0.1, -0.05) is 23.5 Å². The zero-order valence-electron chi connectivity index (χ0n) is 7.84. The van der Waals surface area contributed by atoms with Crippen molar-refractivity contribution in [2.24, 2.45) is 0 Å². The summed E-state index contributed by atoms with van der Waals surface area (Å²) in [4.78, 5) is 13.2. The van der Waals surface area contributed by atoms with E-state index in [-0.39, 0.29) is 4.87 Å². The van der Waals surface area contributed by atoms with Crippen molar-refractivity contribution in [2.45, 2.75) is 6.18 Å². The maximum atomic E-state index is 12.3. The highest BCUT2D eigenvalue weighted by Crippen LogP contribution is 2.30. The van der Waals surface area contributed by atoms with Crippen molar-refractivity contribution in [1.29, 1.82) is 0 Å². The summed E-state index contributed by atoms with van der Waals surface area (Å²) in [5.74, 6) is 0. The Kier molecular flexibility index (Phi) is 2.59. The smallest absolute Gasteiger partial charge is 0.312 e. The van der Waals surface area contributed by atoms with E-state index < -0.39 is 11.7 Å². The lowest BCUT2D eigenvalue weighted by molar-refractivity contribution is -0.137. The zero-order chi connectivity index (χ0) is 11.8. The number of nitrogens with one attached hydrogen (secondary N) is 1. The Morgan fingerprint density at radius 1 is 1.12 bits per heavy atom. The van der Waals surface area contributed by atoms with Crippen LogP contribution in [-0.2, 0) is 6.18 Å². The Hall–Kier alpha value is -1.56. The first-order chi connectivity index (χ1) is 7.47.